The van der Waals surface area contributed by atoms with Crippen LogP contribution in [0.2, 0.25) is 0 Å². The Kier molecular flexibility index (Phi) is 4.73. The molecule has 0 atom stereocenters. The molecule has 13 heavy (non-hydrogen) atoms. The largest absolute Gasteiger partial charge is 0.0697 e. The molecule has 0 nitrogen and oxygen atoms in total. The van der Waals surface area contributed by atoms with Crippen LogP contribution in [-0.2, 0) is 0 Å². The molecule has 1 heteroatoms. The third kappa shape index (κ3) is 2.46. The summed E-state index contributed by atoms with van der Waals surface area (Å²) in [6, 6.07) is 0. The molecule has 1 fully saturated rings. The first-order valence-electron chi connectivity index (χ1n) is 6.14. The molecule has 1 aliphatic carbocycles. The van der Waals surface area contributed by atoms with Crippen LogP contribution in [0.3, 0.4) is 0 Å². The van der Waals surface area contributed by atoms with E-state index in [1.807, 2.05) is 0 Å². The van der Waals surface area contributed by atoms with Crippen molar-refractivity contribution in [2.24, 2.45) is 0 Å². The quantitative estimate of drug-likeness (QED) is 0.591. The Morgan fingerprint density at radius 1 is 0.846 bits per heavy atom. The van der Waals surface area contributed by atoms with Crippen LogP contribution in [-0.4, -0.2) is 24.1 Å². The molecule has 0 aromatic heterocycles. The minimum Gasteiger partial charge on any atom is -0.0530 e. The van der Waals surface area contributed by atoms with E-state index in [1.54, 1.807) is 12.8 Å². The van der Waals surface area contributed by atoms with Crippen LogP contribution in [0.4, 0.5) is 0 Å². The van der Waals surface area contributed by atoms with Gasteiger partial charge in [-0.25, -0.2) is 0 Å². The average Bonchev–Trinajstić information content (AvgIpc) is 2.23. The van der Waals surface area contributed by atoms with E-state index in [-0.39, 0.29) is 0 Å². The van der Waals surface area contributed by atoms with Crippen molar-refractivity contribution in [1.29, 1.82) is 0 Å². The Morgan fingerprint density at radius 3 is 1.69 bits per heavy atom. The molecule has 0 saturated heterocycles. The zero-order valence-electron chi connectivity index (χ0n) is 9.68. The third-order valence-corrected chi connectivity index (χ3v) is 10.1. The van der Waals surface area contributed by atoms with Gasteiger partial charge >= 0.3 is 0 Å². The van der Waals surface area contributed by atoms with Gasteiger partial charge in [0.2, 0.25) is 0 Å². The zero-order valence-corrected chi connectivity index (χ0v) is 10.6. The van der Waals surface area contributed by atoms with Gasteiger partial charge in [-0.2, -0.15) is 0 Å². The van der Waals surface area contributed by atoms with E-state index in [2.05, 4.69) is 20.8 Å². The molecule has 0 radical (unpaired) electrons. The average molecular weight is 201 g/mol. The topological polar surface area (TPSA) is 0 Å². The summed E-state index contributed by atoms with van der Waals surface area (Å²) < 4.78 is 0. The third-order valence-electron chi connectivity index (χ3n) is 4.24. The van der Waals surface area contributed by atoms with E-state index >= 15 is 0 Å². The van der Waals surface area contributed by atoms with E-state index in [0.717, 1.165) is 5.66 Å². The molecule has 0 aromatic carbocycles. The SMILES string of the molecule is CC[P+](CC)(CC)C1CCCCC1. The minimum atomic E-state index is -0.514. The summed E-state index contributed by atoms with van der Waals surface area (Å²) >= 11 is 0. The maximum atomic E-state index is 2.44. The zero-order chi connectivity index (χ0) is 9.73. The fourth-order valence-corrected chi connectivity index (χ4v) is 7.43. The lowest BCUT2D eigenvalue weighted by atomic mass is 10.0. The molecule has 0 N–H and O–H groups in total. The number of hydrogen-bond acceptors (Lipinski definition) is 0. The number of hydrogen-bond donors (Lipinski definition) is 0. The maximum Gasteiger partial charge on any atom is 0.0697 e. The summed E-state index contributed by atoms with van der Waals surface area (Å²) in [5.41, 5.74) is 1.15. The van der Waals surface area contributed by atoms with Gasteiger partial charge in [-0.05, 0) is 46.5 Å². The summed E-state index contributed by atoms with van der Waals surface area (Å²) in [5, 5.41) is 0. The van der Waals surface area contributed by atoms with Crippen molar-refractivity contribution in [2.45, 2.75) is 58.5 Å². The van der Waals surface area contributed by atoms with Crippen molar-refractivity contribution < 1.29 is 0 Å². The highest BCUT2D eigenvalue weighted by atomic mass is 31.2. The van der Waals surface area contributed by atoms with Gasteiger partial charge in [0.25, 0.3) is 0 Å². The highest BCUT2D eigenvalue weighted by molar-refractivity contribution is 7.76. The molecular weight excluding hydrogens is 175 g/mol. The van der Waals surface area contributed by atoms with Gasteiger partial charge in [0.15, 0.2) is 0 Å². The van der Waals surface area contributed by atoms with E-state index in [0.29, 0.717) is 0 Å². The van der Waals surface area contributed by atoms with E-state index in [9.17, 15) is 0 Å². The van der Waals surface area contributed by atoms with Crippen molar-refractivity contribution in [3.05, 3.63) is 0 Å². The molecule has 0 bridgehead atoms. The Labute approximate surface area is 84.8 Å². The fourth-order valence-electron chi connectivity index (χ4n) is 3.07. The van der Waals surface area contributed by atoms with Gasteiger partial charge < -0.3 is 0 Å². The molecule has 1 aliphatic rings. The van der Waals surface area contributed by atoms with Crippen molar-refractivity contribution in [3.8, 4) is 0 Å². The van der Waals surface area contributed by atoms with E-state index in [4.69, 9.17) is 0 Å². The summed E-state index contributed by atoms with van der Waals surface area (Å²) in [7, 11) is -0.514. The monoisotopic (exact) mass is 201 g/mol. The lowest BCUT2D eigenvalue weighted by molar-refractivity contribution is 0.507. The predicted octanol–water partition coefficient (Wildman–Crippen LogP) is 4.40. The van der Waals surface area contributed by atoms with Gasteiger partial charge in [-0.3, -0.25) is 0 Å². The van der Waals surface area contributed by atoms with Crippen molar-refractivity contribution in [1.82, 2.24) is 0 Å². The van der Waals surface area contributed by atoms with Crippen LogP contribution in [0.1, 0.15) is 52.9 Å². The molecule has 0 aliphatic heterocycles. The Morgan fingerprint density at radius 2 is 1.31 bits per heavy atom. The Hall–Kier alpha value is 0.430. The molecule has 1 saturated carbocycles. The highest BCUT2D eigenvalue weighted by Gasteiger charge is 2.40. The van der Waals surface area contributed by atoms with Crippen LogP contribution >= 0.6 is 7.26 Å². The van der Waals surface area contributed by atoms with Crippen LogP contribution in [0.25, 0.3) is 0 Å². The summed E-state index contributed by atoms with van der Waals surface area (Å²) in [6.45, 7) is 7.32. The van der Waals surface area contributed by atoms with Crippen molar-refractivity contribution in [3.63, 3.8) is 0 Å². The van der Waals surface area contributed by atoms with Crippen molar-refractivity contribution >= 4 is 7.26 Å². The van der Waals surface area contributed by atoms with Gasteiger partial charge in [0, 0.05) is 7.26 Å². The molecule has 0 aromatic rings. The Balaban J connectivity index is 2.60. The smallest absolute Gasteiger partial charge is 0.0530 e. The van der Waals surface area contributed by atoms with Crippen LogP contribution < -0.4 is 0 Å². The Bertz CT molecular complexity index is 124. The van der Waals surface area contributed by atoms with Gasteiger partial charge in [-0.1, -0.05) is 6.42 Å². The highest BCUT2D eigenvalue weighted by Crippen LogP contribution is 2.65. The first-order chi connectivity index (χ1) is 6.29. The second-order valence-corrected chi connectivity index (χ2v) is 9.52. The van der Waals surface area contributed by atoms with Crippen LogP contribution in [0.15, 0.2) is 0 Å². The van der Waals surface area contributed by atoms with Gasteiger partial charge in [-0.15, -0.1) is 0 Å². The summed E-state index contributed by atoms with van der Waals surface area (Å²) in [5.74, 6) is 0. The van der Waals surface area contributed by atoms with Crippen LogP contribution in [0.5, 0.6) is 0 Å². The molecule has 0 heterocycles. The second-order valence-electron chi connectivity index (χ2n) is 4.46. The van der Waals surface area contributed by atoms with E-state index < -0.39 is 7.26 Å². The molecule has 1 rings (SSSR count). The number of rotatable bonds is 4. The molecule has 0 amide bonds. The van der Waals surface area contributed by atoms with Crippen molar-refractivity contribution in [2.75, 3.05) is 18.5 Å². The molecule has 0 unspecified atom stereocenters. The minimum absolute atomic E-state index is 0.514. The lowest BCUT2D eigenvalue weighted by Crippen LogP contribution is -2.22. The molecule has 78 valence electrons. The maximum absolute atomic E-state index is 2.44. The molecular formula is C12H26P+. The van der Waals surface area contributed by atoms with Crippen LogP contribution in [0, 0.1) is 0 Å². The second kappa shape index (κ2) is 5.35. The summed E-state index contributed by atoms with van der Waals surface area (Å²) in [6.07, 6.45) is 12.2. The normalized spacial score (nSPS) is 20.5. The standard InChI is InChI=1S/C12H26P/c1-4-13(5-2,6-3)12-10-8-7-9-11-12/h12H,4-11H2,1-3H3/q+1. The van der Waals surface area contributed by atoms with Gasteiger partial charge in [0.05, 0.1) is 24.1 Å². The molecule has 0 spiro atoms. The first kappa shape index (κ1) is 11.5. The predicted molar refractivity (Wildman–Crippen MR) is 65.4 cm³/mol. The first-order valence-corrected chi connectivity index (χ1v) is 8.56. The fraction of sp³-hybridized carbons (Fsp3) is 1.00. The summed E-state index contributed by atoms with van der Waals surface area (Å²) in [4.78, 5) is 0. The van der Waals surface area contributed by atoms with E-state index in [1.165, 1.54) is 37.7 Å². The van der Waals surface area contributed by atoms with Gasteiger partial charge in [0.1, 0.15) is 0 Å². The lowest BCUT2D eigenvalue weighted by Gasteiger charge is -2.35.